The molecule has 0 saturated carbocycles. The molecule has 6 nitrogen and oxygen atoms in total. The Hall–Kier alpha value is -2.86. The van der Waals surface area contributed by atoms with Crippen molar-refractivity contribution in [1.29, 1.82) is 0 Å². The maximum absolute atomic E-state index is 13.2. The van der Waals surface area contributed by atoms with Crippen LogP contribution < -0.4 is 10.1 Å². The zero-order valence-electron chi connectivity index (χ0n) is 15.7. The second-order valence-corrected chi connectivity index (χ2v) is 6.65. The minimum Gasteiger partial charge on any atom is -0.496 e. The lowest BCUT2D eigenvalue weighted by atomic mass is 10.0. The number of ether oxygens (including phenoxy) is 1. The summed E-state index contributed by atoms with van der Waals surface area (Å²) in [6.45, 7) is 2.97. The van der Waals surface area contributed by atoms with Crippen LogP contribution in [0.2, 0.25) is 0 Å². The van der Waals surface area contributed by atoms with Gasteiger partial charge in [-0.05, 0) is 24.7 Å². The molecule has 0 radical (unpaired) electrons. The quantitative estimate of drug-likeness (QED) is 0.877. The predicted molar refractivity (Wildman–Crippen MR) is 104 cm³/mol. The average molecular weight is 367 g/mol. The minimum atomic E-state index is -0.730. The molecule has 27 heavy (non-hydrogen) atoms. The van der Waals surface area contributed by atoms with E-state index in [1.165, 1.54) is 7.11 Å². The molecule has 0 spiro atoms. The normalized spacial score (nSPS) is 15.9. The van der Waals surface area contributed by atoms with Crippen LogP contribution >= 0.6 is 0 Å². The van der Waals surface area contributed by atoms with Gasteiger partial charge in [-0.3, -0.25) is 9.59 Å². The number of amides is 2. The monoisotopic (exact) mass is 367 g/mol. The molecule has 0 bridgehead atoms. The van der Waals surface area contributed by atoms with Crippen LogP contribution in [0.4, 0.5) is 0 Å². The van der Waals surface area contributed by atoms with Gasteiger partial charge in [-0.15, -0.1) is 0 Å². The van der Waals surface area contributed by atoms with Crippen LogP contribution in [-0.4, -0.2) is 62.0 Å². The van der Waals surface area contributed by atoms with Crippen LogP contribution in [0.25, 0.3) is 0 Å². The van der Waals surface area contributed by atoms with Crippen LogP contribution in [-0.2, 0) is 4.79 Å². The molecule has 0 aromatic heterocycles. The van der Waals surface area contributed by atoms with Crippen LogP contribution in [0, 0.1) is 0 Å². The summed E-state index contributed by atoms with van der Waals surface area (Å²) in [5.41, 5.74) is 1.18. The fourth-order valence-corrected chi connectivity index (χ4v) is 3.18. The Bertz CT molecular complexity index is 786. The second-order valence-electron chi connectivity index (χ2n) is 6.65. The van der Waals surface area contributed by atoms with Gasteiger partial charge in [0.25, 0.3) is 5.91 Å². The van der Waals surface area contributed by atoms with Crippen molar-refractivity contribution in [1.82, 2.24) is 15.1 Å². The first kappa shape index (κ1) is 18.9. The summed E-state index contributed by atoms with van der Waals surface area (Å²) in [5, 5.41) is 2.91. The maximum Gasteiger partial charge on any atom is 0.255 e. The zero-order valence-corrected chi connectivity index (χ0v) is 15.7. The highest BCUT2D eigenvalue weighted by atomic mass is 16.5. The maximum atomic E-state index is 13.2. The van der Waals surface area contributed by atoms with Gasteiger partial charge in [0, 0.05) is 26.2 Å². The van der Waals surface area contributed by atoms with Crippen LogP contribution in [0.1, 0.15) is 22.0 Å². The number of para-hydroxylation sites is 1. The van der Waals surface area contributed by atoms with E-state index in [2.05, 4.69) is 10.2 Å². The van der Waals surface area contributed by atoms with Crippen molar-refractivity contribution < 1.29 is 14.3 Å². The van der Waals surface area contributed by atoms with Gasteiger partial charge in [0.15, 0.2) is 0 Å². The van der Waals surface area contributed by atoms with Gasteiger partial charge in [-0.25, -0.2) is 0 Å². The number of hydrogen-bond donors (Lipinski definition) is 1. The van der Waals surface area contributed by atoms with Crippen LogP contribution in [0.3, 0.4) is 0 Å². The van der Waals surface area contributed by atoms with Crippen molar-refractivity contribution in [3.05, 3.63) is 65.7 Å². The van der Waals surface area contributed by atoms with Gasteiger partial charge in [0.1, 0.15) is 11.8 Å². The molecule has 1 aliphatic rings. The third-order valence-electron chi connectivity index (χ3n) is 4.82. The molecule has 142 valence electrons. The molecular formula is C21H25N3O3. The highest BCUT2D eigenvalue weighted by Gasteiger charge is 2.30. The number of hydrogen-bond acceptors (Lipinski definition) is 4. The van der Waals surface area contributed by atoms with Crippen molar-refractivity contribution in [2.24, 2.45) is 0 Å². The summed E-state index contributed by atoms with van der Waals surface area (Å²) in [4.78, 5) is 30.1. The van der Waals surface area contributed by atoms with E-state index in [9.17, 15) is 9.59 Å². The molecule has 2 aromatic carbocycles. The van der Waals surface area contributed by atoms with E-state index in [0.717, 1.165) is 18.7 Å². The van der Waals surface area contributed by atoms with Gasteiger partial charge in [0.2, 0.25) is 5.91 Å². The fourth-order valence-electron chi connectivity index (χ4n) is 3.18. The van der Waals surface area contributed by atoms with Gasteiger partial charge in [-0.1, -0.05) is 42.5 Å². The SMILES string of the molecule is COc1ccccc1C(=O)N[C@H](C(=O)N1CCN(C)CC1)c1ccccc1. The molecule has 1 aliphatic heterocycles. The number of rotatable bonds is 5. The van der Waals surface area contributed by atoms with Crippen molar-refractivity contribution in [3.63, 3.8) is 0 Å². The summed E-state index contributed by atoms with van der Waals surface area (Å²) in [6.07, 6.45) is 0. The highest BCUT2D eigenvalue weighted by Crippen LogP contribution is 2.21. The molecule has 1 saturated heterocycles. The van der Waals surface area contributed by atoms with E-state index in [-0.39, 0.29) is 11.8 Å². The lowest BCUT2D eigenvalue weighted by Gasteiger charge is -2.35. The Balaban J connectivity index is 1.84. The van der Waals surface area contributed by atoms with Crippen LogP contribution in [0.15, 0.2) is 54.6 Å². The smallest absolute Gasteiger partial charge is 0.255 e. The summed E-state index contributed by atoms with van der Waals surface area (Å²) in [7, 11) is 3.57. The number of carbonyl (C=O) groups excluding carboxylic acids is 2. The zero-order chi connectivity index (χ0) is 19.2. The molecule has 0 aliphatic carbocycles. The lowest BCUT2D eigenvalue weighted by Crippen LogP contribution is -2.51. The second kappa shape index (κ2) is 8.68. The minimum absolute atomic E-state index is 0.0856. The average Bonchev–Trinajstić information content (AvgIpc) is 2.72. The standard InChI is InChI=1S/C21H25N3O3/c1-23-12-14-24(15-13-23)21(26)19(16-8-4-3-5-9-16)22-20(25)17-10-6-7-11-18(17)27-2/h3-11,19H,12-15H2,1-2H3,(H,22,25)/t19-/m0/s1. The molecule has 1 N–H and O–H groups in total. The van der Waals surface area contributed by atoms with Crippen molar-refractivity contribution >= 4 is 11.8 Å². The number of benzene rings is 2. The molecule has 1 fully saturated rings. The fraction of sp³-hybridized carbons (Fsp3) is 0.333. The van der Waals surface area contributed by atoms with E-state index in [0.29, 0.717) is 24.4 Å². The van der Waals surface area contributed by atoms with E-state index in [4.69, 9.17) is 4.74 Å². The molecule has 3 rings (SSSR count). The van der Waals surface area contributed by atoms with Gasteiger partial charge in [-0.2, -0.15) is 0 Å². The van der Waals surface area contributed by atoms with E-state index in [1.807, 2.05) is 42.3 Å². The third-order valence-corrected chi connectivity index (χ3v) is 4.82. The Kier molecular flexibility index (Phi) is 6.08. The van der Waals surface area contributed by atoms with E-state index in [1.54, 1.807) is 24.3 Å². The number of carbonyl (C=O) groups is 2. The molecule has 2 amide bonds. The van der Waals surface area contributed by atoms with Crippen molar-refractivity contribution in [2.75, 3.05) is 40.3 Å². The molecule has 0 unspecified atom stereocenters. The summed E-state index contributed by atoms with van der Waals surface area (Å²) >= 11 is 0. The first-order chi connectivity index (χ1) is 13.1. The summed E-state index contributed by atoms with van der Waals surface area (Å²) < 4.78 is 5.28. The number of nitrogens with one attached hydrogen (secondary N) is 1. The van der Waals surface area contributed by atoms with Crippen molar-refractivity contribution in [3.8, 4) is 5.75 Å². The summed E-state index contributed by atoms with van der Waals surface area (Å²) in [5.74, 6) is 0.0650. The van der Waals surface area contributed by atoms with Crippen LogP contribution in [0.5, 0.6) is 5.75 Å². The largest absolute Gasteiger partial charge is 0.496 e. The van der Waals surface area contributed by atoms with E-state index >= 15 is 0 Å². The Morgan fingerprint density at radius 1 is 0.963 bits per heavy atom. The Morgan fingerprint density at radius 3 is 2.26 bits per heavy atom. The number of piperazine rings is 1. The van der Waals surface area contributed by atoms with Gasteiger partial charge >= 0.3 is 0 Å². The van der Waals surface area contributed by atoms with Crippen molar-refractivity contribution in [2.45, 2.75) is 6.04 Å². The van der Waals surface area contributed by atoms with E-state index < -0.39 is 6.04 Å². The lowest BCUT2D eigenvalue weighted by molar-refractivity contribution is -0.135. The Morgan fingerprint density at radius 2 is 1.59 bits per heavy atom. The Labute approximate surface area is 159 Å². The molecule has 6 heteroatoms. The number of likely N-dealkylation sites (N-methyl/N-ethyl adjacent to an activating group) is 1. The summed E-state index contributed by atoms with van der Waals surface area (Å²) in [6, 6.07) is 15.6. The van der Waals surface area contributed by atoms with Gasteiger partial charge < -0.3 is 19.9 Å². The molecule has 1 heterocycles. The topological polar surface area (TPSA) is 61.9 Å². The first-order valence-electron chi connectivity index (χ1n) is 9.06. The van der Waals surface area contributed by atoms with Gasteiger partial charge in [0.05, 0.1) is 12.7 Å². The number of nitrogens with zero attached hydrogens (tertiary/aromatic N) is 2. The highest BCUT2D eigenvalue weighted by molar-refractivity contribution is 6.00. The number of methoxy groups -OCH3 is 1. The third kappa shape index (κ3) is 4.46. The molecular weight excluding hydrogens is 342 g/mol. The predicted octanol–water partition coefficient (Wildman–Crippen LogP) is 1.94. The molecule has 2 aromatic rings. The first-order valence-corrected chi connectivity index (χ1v) is 9.06. The molecule has 1 atom stereocenters.